The molecule has 14 nitrogen and oxygen atoms in total. The molecular formula is C52H54F3N8O6+. The van der Waals surface area contributed by atoms with Gasteiger partial charge in [0.1, 0.15) is 28.2 Å². The zero-order chi connectivity index (χ0) is 49.4. The lowest BCUT2D eigenvalue weighted by Gasteiger charge is -2.38. The summed E-state index contributed by atoms with van der Waals surface area (Å²) in [6.45, 7) is 15.3. The molecule has 0 amide bonds. The maximum atomic E-state index is 15.4. The lowest BCUT2D eigenvalue weighted by atomic mass is 10.1. The molecule has 5 aromatic heterocycles. The minimum Gasteiger partial charge on any atom is -0.462 e. The van der Waals surface area contributed by atoms with Gasteiger partial charge in [-0.15, -0.1) is 0 Å². The van der Waals surface area contributed by atoms with Gasteiger partial charge in [0.2, 0.25) is 10.9 Å². The van der Waals surface area contributed by atoms with E-state index in [1.54, 1.807) is 60.5 Å². The van der Waals surface area contributed by atoms with E-state index in [0.29, 0.717) is 47.5 Å². The van der Waals surface area contributed by atoms with Crippen LogP contribution < -0.4 is 20.3 Å². The fourth-order valence-electron chi connectivity index (χ4n) is 9.14. The summed E-state index contributed by atoms with van der Waals surface area (Å²) in [4.78, 5) is 60.1. The third-order valence-electron chi connectivity index (χ3n) is 12.6. The van der Waals surface area contributed by atoms with Crippen LogP contribution in [-0.2, 0) is 23.6 Å². The van der Waals surface area contributed by atoms with Crippen LogP contribution in [0, 0.1) is 17.5 Å². The van der Waals surface area contributed by atoms with Crippen LogP contribution in [0.2, 0.25) is 0 Å². The largest absolute Gasteiger partial charge is 0.462 e. The molecule has 0 N–H and O–H groups in total. The van der Waals surface area contributed by atoms with E-state index in [4.69, 9.17) is 9.47 Å². The highest BCUT2D eigenvalue weighted by molar-refractivity contribution is 6.05. The van der Waals surface area contributed by atoms with Gasteiger partial charge in [-0.3, -0.25) is 28.3 Å². The van der Waals surface area contributed by atoms with Gasteiger partial charge in [0.25, 0.3) is 0 Å². The van der Waals surface area contributed by atoms with Crippen LogP contribution in [0.4, 0.5) is 18.9 Å². The molecule has 1 aliphatic rings. The van der Waals surface area contributed by atoms with Crippen molar-refractivity contribution in [2.45, 2.75) is 53.6 Å². The molecule has 1 saturated heterocycles. The first-order chi connectivity index (χ1) is 33.1. The number of piperazine rings is 1. The number of hydrogen-bond acceptors (Lipinski definition) is 9. The average Bonchev–Trinajstić information content (AvgIpc) is 3.80. The zero-order valence-electron chi connectivity index (χ0n) is 39.8. The van der Waals surface area contributed by atoms with Crippen molar-refractivity contribution < 1.29 is 36.8 Å². The summed E-state index contributed by atoms with van der Waals surface area (Å²) in [5.41, 5.74) is 3.54. The van der Waals surface area contributed by atoms with Gasteiger partial charge in [-0.05, 0) is 84.0 Å². The third-order valence-corrected chi connectivity index (χ3v) is 12.6. The van der Waals surface area contributed by atoms with Gasteiger partial charge < -0.3 is 23.5 Å². The second kappa shape index (κ2) is 19.6. The highest BCUT2D eigenvalue weighted by Gasteiger charge is 2.28. The molecular weight excluding hydrogens is 890 g/mol. The van der Waals surface area contributed by atoms with Crippen LogP contribution >= 0.6 is 0 Å². The van der Waals surface area contributed by atoms with Crippen molar-refractivity contribution in [2.75, 3.05) is 44.3 Å². The smallest absolute Gasteiger partial charge is 0.345 e. The van der Waals surface area contributed by atoms with Crippen molar-refractivity contribution in [1.29, 1.82) is 0 Å². The van der Waals surface area contributed by atoms with Crippen molar-refractivity contribution in [2.24, 2.45) is 14.1 Å². The number of halogens is 3. The van der Waals surface area contributed by atoms with Gasteiger partial charge in [-0.2, -0.15) is 0 Å². The fraction of sp³-hybridized carbons (Fsp3) is 0.308. The summed E-state index contributed by atoms with van der Waals surface area (Å²) in [7, 11) is 3.52. The summed E-state index contributed by atoms with van der Waals surface area (Å²) in [6.07, 6.45) is 7.51. The minimum absolute atomic E-state index is 0.0780. The molecule has 0 atom stereocenters. The topological polar surface area (TPSA) is 129 Å². The van der Waals surface area contributed by atoms with Crippen LogP contribution in [0.5, 0.6) is 0 Å². The van der Waals surface area contributed by atoms with Gasteiger partial charge in [0, 0.05) is 52.4 Å². The molecule has 6 heterocycles. The molecule has 69 heavy (non-hydrogen) atoms. The summed E-state index contributed by atoms with van der Waals surface area (Å²) >= 11 is 0. The Labute approximate surface area is 394 Å². The van der Waals surface area contributed by atoms with E-state index >= 15 is 4.39 Å². The van der Waals surface area contributed by atoms with Gasteiger partial charge in [0.15, 0.2) is 30.1 Å². The molecule has 9 aromatic rings. The quantitative estimate of drug-likeness (QED) is 0.115. The van der Waals surface area contributed by atoms with E-state index in [2.05, 4.69) is 42.1 Å². The molecule has 10 rings (SSSR count). The first kappa shape index (κ1) is 47.9. The number of nitrogens with zero attached hydrogens (tertiary/aromatic N) is 8. The predicted molar refractivity (Wildman–Crippen MR) is 261 cm³/mol. The normalized spacial score (nSPS) is 13.1. The lowest BCUT2D eigenvalue weighted by molar-refractivity contribution is -0.716. The number of carbonyl (C=O) groups is 2. The lowest BCUT2D eigenvalue weighted by Crippen LogP contribution is -2.49. The van der Waals surface area contributed by atoms with Gasteiger partial charge in [-0.1, -0.05) is 24.3 Å². The van der Waals surface area contributed by atoms with Crippen molar-refractivity contribution in [3.63, 3.8) is 0 Å². The van der Waals surface area contributed by atoms with Crippen LogP contribution in [0.1, 0.15) is 68.3 Å². The Morgan fingerprint density at radius 1 is 0.623 bits per heavy atom. The van der Waals surface area contributed by atoms with Gasteiger partial charge in [-0.25, -0.2) is 27.3 Å². The predicted octanol–water partition coefficient (Wildman–Crippen LogP) is 8.14. The number of esters is 2. The van der Waals surface area contributed by atoms with E-state index in [1.807, 2.05) is 69.7 Å². The molecule has 0 aliphatic carbocycles. The Balaban J connectivity index is 0.000000161. The van der Waals surface area contributed by atoms with Crippen molar-refractivity contribution >= 4 is 72.8 Å². The maximum absolute atomic E-state index is 15.4. The first-order valence-electron chi connectivity index (χ1n) is 22.9. The number of aromatic nitrogens is 6. The highest BCUT2D eigenvalue weighted by Crippen LogP contribution is 2.32. The molecule has 358 valence electrons. The molecule has 1 aliphatic heterocycles. The van der Waals surface area contributed by atoms with Crippen LogP contribution in [0.15, 0.2) is 107 Å². The van der Waals surface area contributed by atoms with Crippen molar-refractivity contribution in [1.82, 2.24) is 27.8 Å². The summed E-state index contributed by atoms with van der Waals surface area (Å²) in [6, 6.07) is 20.7. The number of hydrogen-bond donors (Lipinski definition) is 0. The Kier molecular flexibility index (Phi) is 13.6. The third kappa shape index (κ3) is 8.66. The number of pyridine rings is 2. The highest BCUT2D eigenvalue weighted by atomic mass is 19.2. The zero-order valence-corrected chi connectivity index (χ0v) is 39.8. The number of rotatable bonds is 7. The second-order valence-corrected chi connectivity index (χ2v) is 17.3. The minimum atomic E-state index is -1.15. The van der Waals surface area contributed by atoms with Crippen molar-refractivity contribution in [3.8, 4) is 0 Å². The SMILES string of the molecule is CC(C)[n+]1ccncc1.CCOC(=O)c1c(=O)c2cc(F)c(F)cc2n2c3ccccc3n(C)c12.CCOC(=O)c1c(=O)c2cc(F)c(N3CCN(C(C)C)CC3)cc2n2c3ccccc3n(C)c12. The molecule has 0 spiro atoms. The van der Waals surface area contributed by atoms with Crippen LogP contribution in [-0.4, -0.2) is 85.2 Å². The summed E-state index contributed by atoms with van der Waals surface area (Å²) in [5.74, 6) is -4.18. The molecule has 4 aromatic carbocycles. The van der Waals surface area contributed by atoms with E-state index in [1.165, 1.54) is 6.07 Å². The fourth-order valence-corrected chi connectivity index (χ4v) is 9.14. The summed E-state index contributed by atoms with van der Waals surface area (Å²) < 4.78 is 62.4. The van der Waals surface area contributed by atoms with Crippen LogP contribution in [0.25, 0.3) is 55.2 Å². The molecule has 0 radical (unpaired) electrons. The van der Waals surface area contributed by atoms with E-state index in [-0.39, 0.29) is 46.3 Å². The number of fused-ring (bicyclic) bond motifs is 10. The molecule has 0 unspecified atom stereocenters. The monoisotopic (exact) mass is 943 g/mol. The summed E-state index contributed by atoms with van der Waals surface area (Å²) in [5, 5.41) is 0.0831. The van der Waals surface area contributed by atoms with Crippen molar-refractivity contribution in [3.05, 3.63) is 147 Å². The Morgan fingerprint density at radius 3 is 1.49 bits per heavy atom. The Bertz CT molecular complexity index is 3560. The average molecular weight is 944 g/mol. The molecule has 0 bridgehead atoms. The molecule has 17 heteroatoms. The number of benzene rings is 4. The van der Waals surface area contributed by atoms with E-state index in [0.717, 1.165) is 41.8 Å². The second-order valence-electron chi connectivity index (χ2n) is 17.3. The maximum Gasteiger partial charge on any atom is 0.345 e. The number of ether oxygens (including phenoxy) is 2. The van der Waals surface area contributed by atoms with Gasteiger partial charge >= 0.3 is 11.9 Å². The molecule has 0 saturated carbocycles. The van der Waals surface area contributed by atoms with E-state index in [9.17, 15) is 28.0 Å². The van der Waals surface area contributed by atoms with E-state index < -0.39 is 40.2 Å². The number of carbonyl (C=O) groups excluding carboxylic acids is 2. The first-order valence-corrected chi connectivity index (χ1v) is 22.9. The number of aryl methyl sites for hydroxylation is 2. The number of imidazole rings is 2. The Morgan fingerprint density at radius 2 is 1.06 bits per heavy atom. The molecule has 1 fully saturated rings. The standard InChI is InChI=1S/C26H29FN4O3.C19H14F2N2O3.C7H11N2/c1-5-34-26(33)23-24(32)17-14-18(27)22(30-12-10-29(11-13-30)16(2)3)15-21(17)31-20-9-7-6-8-19(20)28(4)25(23)31;1-3-26-19(25)16-17(24)10-8-11(20)12(21)9-15(10)23-14-7-5-4-6-13(14)22(2)18(16)23;1-7(2)9-5-3-8-4-6-9/h6-9,14-16H,5,10-13H2,1-4H3;4-9H,3H2,1-2H3;3-7H,1-2H3/q;;+1. The number of para-hydroxylation sites is 4. The number of anilines is 1. The Hall–Kier alpha value is -7.53. The van der Waals surface area contributed by atoms with Gasteiger partial charge in [0.05, 0.1) is 75.2 Å². The van der Waals surface area contributed by atoms with Crippen LogP contribution in [0.3, 0.4) is 0 Å².